The van der Waals surface area contributed by atoms with Crippen LogP contribution in [0.15, 0.2) is 65.6 Å². The molecule has 0 radical (unpaired) electrons. The Bertz CT molecular complexity index is 511. The highest BCUT2D eigenvalue weighted by Crippen LogP contribution is 2.26. The summed E-state index contributed by atoms with van der Waals surface area (Å²) in [7, 11) is 1.64. The lowest BCUT2D eigenvalue weighted by Crippen LogP contribution is -2.06. The predicted molar refractivity (Wildman–Crippen MR) is 78.1 cm³/mol. The fourth-order valence-electron chi connectivity index (χ4n) is 1.82. The van der Waals surface area contributed by atoms with Crippen LogP contribution in [-0.4, -0.2) is 12.2 Å². The van der Waals surface area contributed by atoms with Crippen LogP contribution in [0.3, 0.4) is 0 Å². The maximum Gasteiger partial charge on any atom is 0.196 e. The van der Waals surface area contributed by atoms with E-state index in [4.69, 9.17) is 4.74 Å². The molecule has 98 valence electrons. The lowest BCUT2D eigenvalue weighted by atomic mass is 10.1. The summed E-state index contributed by atoms with van der Waals surface area (Å²) < 4.78 is 5.41. The molecule has 0 spiro atoms. The number of hydrogen-bond acceptors (Lipinski definition) is 3. The van der Waals surface area contributed by atoms with Gasteiger partial charge in [0, 0.05) is 18.4 Å². The van der Waals surface area contributed by atoms with Crippen molar-refractivity contribution < 1.29 is 9.53 Å². The molecule has 19 heavy (non-hydrogen) atoms. The fraction of sp³-hybridized carbons (Fsp3) is 0.188. The van der Waals surface area contributed by atoms with Crippen LogP contribution in [0.25, 0.3) is 0 Å². The van der Waals surface area contributed by atoms with Crippen LogP contribution < -0.4 is 0 Å². The molecule has 0 fully saturated rings. The number of hydrogen-bond donors (Lipinski definition) is 0. The molecular formula is C16H16O2S. The Labute approximate surface area is 117 Å². The first kappa shape index (κ1) is 13.8. The Morgan fingerprint density at radius 2 is 1.63 bits per heavy atom. The molecule has 0 aliphatic carbocycles. The van der Waals surface area contributed by atoms with Gasteiger partial charge in [-0.3, -0.25) is 4.79 Å². The zero-order valence-electron chi connectivity index (χ0n) is 10.8. The first-order chi connectivity index (χ1) is 9.29. The van der Waals surface area contributed by atoms with Gasteiger partial charge in [0.25, 0.3) is 0 Å². The summed E-state index contributed by atoms with van der Waals surface area (Å²) in [6, 6.07) is 19.5. The average Bonchev–Trinajstić information content (AvgIpc) is 2.47. The van der Waals surface area contributed by atoms with Crippen molar-refractivity contribution in [1.82, 2.24) is 0 Å². The number of benzene rings is 2. The van der Waals surface area contributed by atoms with Gasteiger partial charge >= 0.3 is 0 Å². The number of thioether (sulfide) groups is 1. The molecule has 0 saturated carbocycles. The van der Waals surface area contributed by atoms with Gasteiger partial charge in [0.05, 0.1) is 6.10 Å². The summed E-state index contributed by atoms with van der Waals surface area (Å²) >= 11 is 1.26. The molecule has 2 aromatic rings. The van der Waals surface area contributed by atoms with E-state index in [1.165, 1.54) is 11.8 Å². The molecule has 0 bridgehead atoms. The smallest absolute Gasteiger partial charge is 0.196 e. The van der Waals surface area contributed by atoms with Crippen molar-refractivity contribution in [2.75, 3.05) is 7.11 Å². The molecule has 0 N–H and O–H groups in total. The van der Waals surface area contributed by atoms with Gasteiger partial charge in [-0.25, -0.2) is 0 Å². The highest BCUT2D eigenvalue weighted by molar-refractivity contribution is 8.13. The second-order valence-electron chi connectivity index (χ2n) is 4.13. The van der Waals surface area contributed by atoms with Gasteiger partial charge < -0.3 is 4.74 Å². The molecule has 1 unspecified atom stereocenters. The van der Waals surface area contributed by atoms with E-state index in [-0.39, 0.29) is 11.2 Å². The van der Waals surface area contributed by atoms with Crippen LogP contribution in [0.5, 0.6) is 0 Å². The van der Waals surface area contributed by atoms with E-state index in [1.807, 2.05) is 60.7 Å². The maximum atomic E-state index is 12.0. The molecule has 0 aliphatic rings. The minimum atomic E-state index is -0.176. The standard InChI is InChI=1S/C16H16O2S/c1-18-15(13-8-4-2-5-9-13)12-16(17)19-14-10-6-3-7-11-14/h2-11,15H,12H2,1H3. The van der Waals surface area contributed by atoms with Gasteiger partial charge in [0.2, 0.25) is 0 Å². The molecule has 0 heterocycles. The van der Waals surface area contributed by atoms with Crippen molar-refractivity contribution in [2.24, 2.45) is 0 Å². The van der Waals surface area contributed by atoms with Crippen molar-refractivity contribution in [1.29, 1.82) is 0 Å². The summed E-state index contributed by atoms with van der Waals surface area (Å²) in [4.78, 5) is 13.0. The topological polar surface area (TPSA) is 26.3 Å². The van der Waals surface area contributed by atoms with Gasteiger partial charge in [-0.15, -0.1) is 0 Å². The molecule has 1 atom stereocenters. The molecule has 2 rings (SSSR count). The first-order valence-corrected chi connectivity index (χ1v) is 6.94. The molecule has 2 nitrogen and oxygen atoms in total. The third kappa shape index (κ3) is 4.23. The Balaban J connectivity index is 1.97. The molecule has 3 heteroatoms. The second kappa shape index (κ2) is 7.12. The number of methoxy groups -OCH3 is 1. The summed E-state index contributed by atoms with van der Waals surface area (Å²) in [6.45, 7) is 0. The lowest BCUT2D eigenvalue weighted by molar-refractivity contribution is -0.113. The van der Waals surface area contributed by atoms with Crippen LogP contribution in [0.1, 0.15) is 18.1 Å². The van der Waals surface area contributed by atoms with E-state index < -0.39 is 0 Å². The van der Waals surface area contributed by atoms with Gasteiger partial charge in [-0.05, 0) is 17.7 Å². The van der Waals surface area contributed by atoms with Crippen LogP contribution in [0.2, 0.25) is 0 Å². The van der Waals surface area contributed by atoms with Gasteiger partial charge in [0.15, 0.2) is 5.12 Å². The zero-order valence-corrected chi connectivity index (χ0v) is 11.6. The van der Waals surface area contributed by atoms with E-state index in [0.717, 1.165) is 10.5 Å². The zero-order chi connectivity index (χ0) is 13.5. The lowest BCUT2D eigenvalue weighted by Gasteiger charge is -2.14. The Hall–Kier alpha value is -1.58. The van der Waals surface area contributed by atoms with Gasteiger partial charge in [-0.2, -0.15) is 0 Å². The Kier molecular flexibility index (Phi) is 5.19. The monoisotopic (exact) mass is 272 g/mol. The minimum Gasteiger partial charge on any atom is -0.376 e. The molecule has 0 aromatic heterocycles. The van der Waals surface area contributed by atoms with E-state index in [1.54, 1.807) is 7.11 Å². The van der Waals surface area contributed by atoms with Gasteiger partial charge in [-0.1, -0.05) is 60.3 Å². The normalized spacial score (nSPS) is 12.1. The van der Waals surface area contributed by atoms with Gasteiger partial charge in [0.1, 0.15) is 0 Å². The number of ether oxygens (including phenoxy) is 1. The minimum absolute atomic E-state index is 0.113. The molecule has 2 aromatic carbocycles. The fourth-order valence-corrected chi connectivity index (χ4v) is 2.61. The highest BCUT2D eigenvalue weighted by Gasteiger charge is 2.15. The number of rotatable bonds is 5. The Morgan fingerprint density at radius 3 is 2.21 bits per heavy atom. The van der Waals surface area contributed by atoms with Crippen LogP contribution in [0, 0.1) is 0 Å². The summed E-state index contributed by atoms with van der Waals surface area (Å²) in [5, 5.41) is 0.113. The predicted octanol–water partition coefficient (Wildman–Crippen LogP) is 4.08. The van der Waals surface area contributed by atoms with Crippen molar-refractivity contribution in [2.45, 2.75) is 17.4 Å². The van der Waals surface area contributed by atoms with Crippen molar-refractivity contribution in [3.63, 3.8) is 0 Å². The second-order valence-corrected chi connectivity index (χ2v) is 5.26. The maximum absolute atomic E-state index is 12.0. The molecule has 0 saturated heterocycles. The van der Waals surface area contributed by atoms with E-state index in [9.17, 15) is 4.79 Å². The quantitative estimate of drug-likeness (QED) is 0.767. The van der Waals surface area contributed by atoms with E-state index >= 15 is 0 Å². The SMILES string of the molecule is COC(CC(=O)Sc1ccccc1)c1ccccc1. The van der Waals surface area contributed by atoms with Crippen LogP contribution >= 0.6 is 11.8 Å². The van der Waals surface area contributed by atoms with Crippen molar-refractivity contribution in [3.05, 3.63) is 66.2 Å². The molecular weight excluding hydrogens is 256 g/mol. The van der Waals surface area contributed by atoms with E-state index in [0.29, 0.717) is 6.42 Å². The summed E-state index contributed by atoms with van der Waals surface area (Å²) in [6.07, 6.45) is 0.199. The molecule has 0 amide bonds. The Morgan fingerprint density at radius 1 is 1.05 bits per heavy atom. The average molecular weight is 272 g/mol. The van der Waals surface area contributed by atoms with Crippen LogP contribution in [0.4, 0.5) is 0 Å². The molecule has 0 aliphatic heterocycles. The number of carbonyl (C=O) groups is 1. The van der Waals surface area contributed by atoms with Crippen molar-refractivity contribution in [3.8, 4) is 0 Å². The first-order valence-electron chi connectivity index (χ1n) is 6.13. The summed E-state index contributed by atoms with van der Waals surface area (Å²) in [5.41, 5.74) is 1.03. The third-order valence-corrected chi connectivity index (χ3v) is 3.69. The van der Waals surface area contributed by atoms with Crippen molar-refractivity contribution >= 4 is 16.9 Å². The highest BCUT2D eigenvalue weighted by atomic mass is 32.2. The van der Waals surface area contributed by atoms with Crippen LogP contribution in [-0.2, 0) is 9.53 Å². The largest absolute Gasteiger partial charge is 0.376 e. The van der Waals surface area contributed by atoms with E-state index in [2.05, 4.69) is 0 Å². The number of carbonyl (C=O) groups excluding carboxylic acids is 1. The third-order valence-electron chi connectivity index (χ3n) is 2.78. The summed E-state index contributed by atoms with van der Waals surface area (Å²) in [5.74, 6) is 0.